The first-order valence-corrected chi connectivity index (χ1v) is 16.0. The van der Waals surface area contributed by atoms with Gasteiger partial charge in [0.15, 0.2) is 5.79 Å². The largest absolute Gasteiger partial charge is 0.481 e. The molecule has 0 aromatic carbocycles. The van der Waals surface area contributed by atoms with Crippen LogP contribution in [0.25, 0.3) is 0 Å². The summed E-state index contributed by atoms with van der Waals surface area (Å²) < 4.78 is 6.22. The minimum absolute atomic E-state index is 0.00218. The van der Waals surface area contributed by atoms with E-state index in [1.807, 2.05) is 6.92 Å². The van der Waals surface area contributed by atoms with E-state index in [2.05, 4.69) is 34.6 Å². The standard InChI is InChI=1S/C33H54O6/c1-7-8-22-31-10-9-21-28(4)14-13-26(2)11-12-27(3,25(36)37)17-23(26)29(28,5)15-16-30(21,6)32(31,19-34)24(35)18-33(22,38)39-20-31/h21-24,34-35,38H,7-20H2,1-6H3,(H,36,37)/t21-,22-,23-,24+,26-,27-,28-,29+,30-,31+,32+,33+/m1/s1. The Labute approximate surface area is 235 Å². The molecule has 6 fully saturated rings. The van der Waals surface area contributed by atoms with Gasteiger partial charge in [-0.3, -0.25) is 4.79 Å². The molecule has 6 heteroatoms. The number of carbonyl (C=O) groups is 1. The van der Waals surface area contributed by atoms with Gasteiger partial charge >= 0.3 is 5.97 Å². The van der Waals surface area contributed by atoms with Gasteiger partial charge in [0, 0.05) is 23.2 Å². The average molecular weight is 547 g/mol. The molecule has 1 saturated heterocycles. The number of carboxylic acid groups (broad SMARTS) is 1. The molecule has 2 bridgehead atoms. The zero-order chi connectivity index (χ0) is 28.5. The zero-order valence-electron chi connectivity index (χ0n) is 25.3. The Bertz CT molecular complexity index is 1050. The minimum atomic E-state index is -1.31. The lowest BCUT2D eigenvalue weighted by molar-refractivity contribution is -0.334. The maximum absolute atomic E-state index is 12.4. The summed E-state index contributed by atoms with van der Waals surface area (Å²) in [6, 6.07) is 0. The van der Waals surface area contributed by atoms with E-state index in [1.54, 1.807) is 0 Å². The molecule has 4 N–H and O–H groups in total. The molecule has 0 amide bonds. The summed E-state index contributed by atoms with van der Waals surface area (Å²) in [4.78, 5) is 12.4. The molecule has 0 aromatic rings. The summed E-state index contributed by atoms with van der Waals surface area (Å²) >= 11 is 0. The van der Waals surface area contributed by atoms with Crippen LogP contribution in [0.5, 0.6) is 0 Å². The van der Waals surface area contributed by atoms with Crippen LogP contribution in [0.3, 0.4) is 0 Å². The fourth-order valence-electron chi connectivity index (χ4n) is 13.2. The molecule has 222 valence electrons. The molecule has 1 heterocycles. The van der Waals surface area contributed by atoms with E-state index in [-0.39, 0.29) is 40.6 Å². The fourth-order valence-corrected chi connectivity index (χ4v) is 13.2. The van der Waals surface area contributed by atoms with Crippen LogP contribution < -0.4 is 0 Å². The van der Waals surface area contributed by atoms with E-state index in [1.165, 1.54) is 0 Å². The van der Waals surface area contributed by atoms with Crippen LogP contribution >= 0.6 is 0 Å². The molecule has 0 radical (unpaired) electrons. The second-order valence-corrected chi connectivity index (χ2v) is 16.6. The van der Waals surface area contributed by atoms with Crippen molar-refractivity contribution in [2.24, 2.45) is 55.7 Å². The Hall–Kier alpha value is -0.690. The average Bonchev–Trinajstić information content (AvgIpc) is 3.08. The summed E-state index contributed by atoms with van der Waals surface area (Å²) in [6.07, 6.45) is 9.62. The number of carboxylic acids is 1. The Kier molecular flexibility index (Phi) is 6.00. The SMILES string of the molecule is CCC[C@@H]1[C@@]23CC[C@H]4[C@@](C)(CC[C@@]5(C)[C@@H]6C[C@](C)(C(=O)O)CC[C@]6(C)CC[C@]45C)[C@]2(CO)[C@@H](O)C[C@]1(O)OC3. The van der Waals surface area contributed by atoms with E-state index >= 15 is 0 Å². The molecule has 6 rings (SSSR count). The molecule has 1 aliphatic heterocycles. The van der Waals surface area contributed by atoms with Crippen molar-refractivity contribution >= 4 is 5.97 Å². The highest BCUT2D eigenvalue weighted by Crippen LogP contribution is 2.82. The van der Waals surface area contributed by atoms with Crippen molar-refractivity contribution in [3.8, 4) is 0 Å². The highest BCUT2D eigenvalue weighted by Gasteiger charge is 2.81. The van der Waals surface area contributed by atoms with Crippen LogP contribution in [0.4, 0.5) is 0 Å². The highest BCUT2D eigenvalue weighted by atomic mass is 16.6. The molecular weight excluding hydrogens is 492 g/mol. The second kappa shape index (κ2) is 8.23. The van der Waals surface area contributed by atoms with Crippen molar-refractivity contribution in [1.29, 1.82) is 0 Å². The molecule has 1 spiro atoms. The van der Waals surface area contributed by atoms with Gasteiger partial charge in [-0.25, -0.2) is 0 Å². The monoisotopic (exact) mass is 546 g/mol. The molecule has 6 nitrogen and oxygen atoms in total. The number of aliphatic hydroxyl groups is 3. The van der Waals surface area contributed by atoms with Gasteiger partial charge in [-0.15, -0.1) is 0 Å². The van der Waals surface area contributed by atoms with Gasteiger partial charge in [0.1, 0.15) is 0 Å². The Balaban J connectivity index is 1.46. The number of fused-ring (bicyclic) bond motifs is 7. The molecule has 12 atom stereocenters. The van der Waals surface area contributed by atoms with Crippen LogP contribution in [-0.4, -0.2) is 51.5 Å². The van der Waals surface area contributed by atoms with Crippen LogP contribution in [0, 0.1) is 55.7 Å². The van der Waals surface area contributed by atoms with Crippen molar-refractivity contribution in [1.82, 2.24) is 0 Å². The third-order valence-electron chi connectivity index (χ3n) is 15.7. The normalized spacial score (nSPS) is 60.0. The van der Waals surface area contributed by atoms with Gasteiger partial charge in [0.25, 0.3) is 0 Å². The predicted molar refractivity (Wildman–Crippen MR) is 149 cm³/mol. The summed E-state index contributed by atoms with van der Waals surface area (Å²) in [5.41, 5.74) is -1.99. The number of aliphatic carboxylic acids is 1. The molecule has 5 saturated carbocycles. The second-order valence-electron chi connectivity index (χ2n) is 16.6. The van der Waals surface area contributed by atoms with Crippen molar-refractivity contribution in [3.63, 3.8) is 0 Å². The molecule has 39 heavy (non-hydrogen) atoms. The Morgan fingerprint density at radius 3 is 2.13 bits per heavy atom. The predicted octanol–water partition coefficient (Wildman–Crippen LogP) is 5.77. The number of hydrogen-bond donors (Lipinski definition) is 4. The van der Waals surface area contributed by atoms with E-state index in [0.29, 0.717) is 18.4 Å². The quantitative estimate of drug-likeness (QED) is 0.357. The van der Waals surface area contributed by atoms with Crippen LogP contribution in [-0.2, 0) is 9.53 Å². The van der Waals surface area contributed by atoms with Crippen molar-refractivity contribution in [2.45, 2.75) is 130 Å². The third kappa shape index (κ3) is 3.01. The first-order valence-electron chi connectivity index (χ1n) is 16.0. The fraction of sp³-hybridized carbons (Fsp3) is 0.970. The van der Waals surface area contributed by atoms with Gasteiger partial charge < -0.3 is 25.2 Å². The lowest BCUT2D eigenvalue weighted by Gasteiger charge is -2.77. The van der Waals surface area contributed by atoms with E-state index in [9.17, 15) is 25.2 Å². The lowest BCUT2D eigenvalue weighted by Crippen LogP contribution is -2.76. The Morgan fingerprint density at radius 2 is 1.49 bits per heavy atom. The summed E-state index contributed by atoms with van der Waals surface area (Å²) in [7, 11) is 0. The van der Waals surface area contributed by atoms with Gasteiger partial charge in [-0.2, -0.15) is 0 Å². The zero-order valence-corrected chi connectivity index (χ0v) is 25.3. The number of hydrogen-bond acceptors (Lipinski definition) is 5. The smallest absolute Gasteiger partial charge is 0.309 e. The van der Waals surface area contributed by atoms with Crippen molar-refractivity contribution < 1.29 is 30.0 Å². The van der Waals surface area contributed by atoms with Crippen LogP contribution in [0.1, 0.15) is 119 Å². The van der Waals surface area contributed by atoms with Gasteiger partial charge in [-0.1, -0.05) is 41.0 Å². The molecular formula is C33H54O6. The van der Waals surface area contributed by atoms with Gasteiger partial charge in [0.2, 0.25) is 0 Å². The number of ether oxygens (including phenoxy) is 1. The highest BCUT2D eigenvalue weighted by molar-refractivity contribution is 5.74. The van der Waals surface area contributed by atoms with Gasteiger partial charge in [-0.05, 0) is 105 Å². The number of aliphatic hydroxyl groups excluding tert-OH is 2. The lowest BCUT2D eigenvalue weighted by atomic mass is 9.26. The van der Waals surface area contributed by atoms with Crippen LogP contribution in [0.15, 0.2) is 0 Å². The van der Waals surface area contributed by atoms with E-state index in [0.717, 1.165) is 70.6 Å². The summed E-state index contributed by atoms with van der Waals surface area (Å²) in [5.74, 6) is -1.38. The van der Waals surface area contributed by atoms with Crippen LogP contribution in [0.2, 0.25) is 0 Å². The topological polar surface area (TPSA) is 107 Å². The molecule has 5 aliphatic carbocycles. The minimum Gasteiger partial charge on any atom is -0.481 e. The summed E-state index contributed by atoms with van der Waals surface area (Å²) in [5, 5.41) is 45.4. The van der Waals surface area contributed by atoms with E-state index < -0.39 is 34.1 Å². The molecule has 6 aliphatic rings. The van der Waals surface area contributed by atoms with E-state index in [4.69, 9.17) is 4.74 Å². The maximum Gasteiger partial charge on any atom is 0.309 e. The third-order valence-corrected chi connectivity index (χ3v) is 15.7. The molecule has 0 unspecified atom stereocenters. The maximum atomic E-state index is 12.4. The van der Waals surface area contributed by atoms with Crippen molar-refractivity contribution in [3.05, 3.63) is 0 Å². The Morgan fingerprint density at radius 1 is 0.872 bits per heavy atom. The first-order chi connectivity index (χ1) is 18.1. The summed E-state index contributed by atoms with van der Waals surface area (Å²) in [6.45, 7) is 14.2. The molecule has 0 aromatic heterocycles. The van der Waals surface area contributed by atoms with Crippen molar-refractivity contribution in [2.75, 3.05) is 13.2 Å². The first kappa shape index (κ1) is 28.4. The number of rotatable bonds is 4. The van der Waals surface area contributed by atoms with Gasteiger partial charge in [0.05, 0.1) is 24.7 Å².